The third kappa shape index (κ3) is 1.95. The van der Waals surface area contributed by atoms with Crippen molar-refractivity contribution in [2.24, 2.45) is 5.73 Å². The quantitative estimate of drug-likeness (QED) is 0.794. The highest BCUT2D eigenvalue weighted by molar-refractivity contribution is 5.48. The van der Waals surface area contributed by atoms with Crippen LogP contribution in [0.15, 0.2) is 12.1 Å². The number of methoxy groups -OCH3 is 1. The van der Waals surface area contributed by atoms with Gasteiger partial charge in [-0.05, 0) is 61.8 Å². The number of nitrogens with two attached hydrogens (primary N) is 1. The van der Waals surface area contributed by atoms with E-state index in [2.05, 4.69) is 12.1 Å². The van der Waals surface area contributed by atoms with Crippen LogP contribution in [0.4, 0.5) is 0 Å². The summed E-state index contributed by atoms with van der Waals surface area (Å²) < 4.78 is 5.54. The molecule has 1 saturated carbocycles. The van der Waals surface area contributed by atoms with Crippen molar-refractivity contribution in [3.63, 3.8) is 0 Å². The van der Waals surface area contributed by atoms with Gasteiger partial charge >= 0.3 is 0 Å². The summed E-state index contributed by atoms with van der Waals surface area (Å²) in [4.78, 5) is 0. The highest BCUT2D eigenvalue weighted by Gasteiger charge is 2.42. The van der Waals surface area contributed by atoms with Crippen LogP contribution in [0.5, 0.6) is 5.75 Å². The Hall–Kier alpha value is -1.02. The molecule has 2 aliphatic rings. The predicted molar refractivity (Wildman–Crippen MR) is 69.4 cm³/mol. The average Bonchev–Trinajstić information content (AvgIpc) is 3.11. The van der Waals surface area contributed by atoms with E-state index < -0.39 is 0 Å². The Kier molecular flexibility index (Phi) is 2.62. The Morgan fingerprint density at radius 2 is 1.71 bits per heavy atom. The van der Waals surface area contributed by atoms with Crippen molar-refractivity contribution in [2.75, 3.05) is 7.11 Å². The number of aryl methyl sites for hydroxylation is 2. The summed E-state index contributed by atoms with van der Waals surface area (Å²) in [5.74, 6) is 1.01. The predicted octanol–water partition coefficient (Wildman–Crippen LogP) is 2.91. The zero-order valence-electron chi connectivity index (χ0n) is 10.6. The van der Waals surface area contributed by atoms with E-state index in [0.717, 1.165) is 18.6 Å². The maximum atomic E-state index is 6.34. The average molecular weight is 231 g/mol. The Labute approximate surface area is 103 Å². The van der Waals surface area contributed by atoms with Crippen molar-refractivity contribution < 1.29 is 4.74 Å². The molecule has 1 fully saturated rings. The number of hydrogen-bond donors (Lipinski definition) is 1. The van der Waals surface area contributed by atoms with Crippen LogP contribution in [-0.2, 0) is 18.4 Å². The summed E-state index contributed by atoms with van der Waals surface area (Å²) in [6.45, 7) is 0. The van der Waals surface area contributed by atoms with Crippen molar-refractivity contribution in [1.82, 2.24) is 0 Å². The van der Waals surface area contributed by atoms with E-state index in [1.165, 1.54) is 48.8 Å². The first-order valence-corrected chi connectivity index (χ1v) is 6.72. The first kappa shape index (κ1) is 11.1. The summed E-state index contributed by atoms with van der Waals surface area (Å²) in [6.07, 6.45) is 8.58. The fraction of sp³-hybridized carbons (Fsp3) is 0.600. The Balaban J connectivity index is 2.06. The molecule has 0 radical (unpaired) electrons. The van der Waals surface area contributed by atoms with Gasteiger partial charge < -0.3 is 10.5 Å². The molecule has 1 aromatic rings. The van der Waals surface area contributed by atoms with Gasteiger partial charge in [-0.2, -0.15) is 0 Å². The molecule has 2 heteroatoms. The van der Waals surface area contributed by atoms with Gasteiger partial charge in [0.15, 0.2) is 0 Å². The highest BCUT2D eigenvalue weighted by Crippen LogP contribution is 2.47. The van der Waals surface area contributed by atoms with E-state index in [0.29, 0.717) is 0 Å². The van der Waals surface area contributed by atoms with Crippen LogP contribution in [0.2, 0.25) is 0 Å². The van der Waals surface area contributed by atoms with Gasteiger partial charge in [0.1, 0.15) is 5.75 Å². The molecule has 0 aliphatic heterocycles. The van der Waals surface area contributed by atoms with Crippen LogP contribution >= 0.6 is 0 Å². The van der Waals surface area contributed by atoms with E-state index in [1.54, 1.807) is 7.11 Å². The van der Waals surface area contributed by atoms with Crippen LogP contribution in [0.3, 0.4) is 0 Å². The Bertz CT molecular complexity index is 435. The molecular weight excluding hydrogens is 210 g/mol. The Morgan fingerprint density at radius 1 is 1.06 bits per heavy atom. The molecule has 0 spiro atoms. The molecule has 0 atom stereocenters. The second-order valence-electron chi connectivity index (χ2n) is 5.54. The normalized spacial score (nSPS) is 21.5. The van der Waals surface area contributed by atoms with Gasteiger partial charge in [-0.15, -0.1) is 0 Å². The topological polar surface area (TPSA) is 35.2 Å². The maximum Gasteiger partial charge on any atom is 0.124 e. The number of ether oxygens (including phenoxy) is 1. The van der Waals surface area contributed by atoms with Crippen LogP contribution in [0.1, 0.15) is 48.8 Å². The monoisotopic (exact) mass is 231 g/mol. The molecule has 0 saturated heterocycles. The zero-order chi connectivity index (χ0) is 11.9. The zero-order valence-corrected chi connectivity index (χ0v) is 10.6. The molecule has 0 heterocycles. The lowest BCUT2D eigenvalue weighted by Crippen LogP contribution is -2.20. The van der Waals surface area contributed by atoms with Crippen LogP contribution in [0, 0.1) is 0 Å². The molecule has 2 aliphatic carbocycles. The van der Waals surface area contributed by atoms with Gasteiger partial charge in [0.05, 0.1) is 7.11 Å². The van der Waals surface area contributed by atoms with Crippen molar-refractivity contribution >= 4 is 0 Å². The highest BCUT2D eigenvalue weighted by atomic mass is 16.5. The number of fused-ring (bicyclic) bond motifs is 1. The van der Waals surface area contributed by atoms with Crippen LogP contribution in [-0.4, -0.2) is 7.11 Å². The van der Waals surface area contributed by atoms with Gasteiger partial charge in [-0.1, -0.05) is 6.42 Å². The SMILES string of the molecule is COc1cc2c(cc1C1(N)CC1)CCCCC2. The fourth-order valence-electron chi connectivity index (χ4n) is 2.90. The number of rotatable bonds is 2. The van der Waals surface area contributed by atoms with Gasteiger partial charge in [-0.25, -0.2) is 0 Å². The minimum Gasteiger partial charge on any atom is -0.496 e. The van der Waals surface area contributed by atoms with Crippen molar-refractivity contribution in [3.05, 3.63) is 28.8 Å². The lowest BCUT2D eigenvalue weighted by molar-refractivity contribution is 0.403. The lowest BCUT2D eigenvalue weighted by atomic mass is 9.95. The summed E-state index contributed by atoms with van der Waals surface area (Å²) in [7, 11) is 1.76. The van der Waals surface area contributed by atoms with Crippen LogP contribution in [0.25, 0.3) is 0 Å². The van der Waals surface area contributed by atoms with E-state index in [4.69, 9.17) is 10.5 Å². The lowest BCUT2D eigenvalue weighted by Gasteiger charge is -2.18. The second-order valence-corrected chi connectivity index (χ2v) is 5.54. The Morgan fingerprint density at radius 3 is 2.29 bits per heavy atom. The summed E-state index contributed by atoms with van der Waals surface area (Å²) in [5, 5.41) is 0. The van der Waals surface area contributed by atoms with Crippen LogP contribution < -0.4 is 10.5 Å². The summed E-state index contributed by atoms with van der Waals surface area (Å²) in [6, 6.07) is 4.56. The van der Waals surface area contributed by atoms with Gasteiger partial charge in [0.25, 0.3) is 0 Å². The molecular formula is C15H21NO. The third-order valence-electron chi connectivity index (χ3n) is 4.24. The van der Waals surface area contributed by atoms with Gasteiger partial charge in [0, 0.05) is 11.1 Å². The largest absolute Gasteiger partial charge is 0.496 e. The summed E-state index contributed by atoms with van der Waals surface area (Å²) in [5.41, 5.74) is 10.5. The van der Waals surface area contributed by atoms with E-state index in [1.807, 2.05) is 0 Å². The number of hydrogen-bond acceptors (Lipinski definition) is 2. The van der Waals surface area contributed by atoms with E-state index in [9.17, 15) is 0 Å². The smallest absolute Gasteiger partial charge is 0.124 e. The van der Waals surface area contributed by atoms with E-state index >= 15 is 0 Å². The standard InChI is InChI=1S/C15H21NO/c1-17-14-10-12-6-4-2-3-5-11(12)9-13(14)15(16)7-8-15/h9-10H,2-8,16H2,1H3. The van der Waals surface area contributed by atoms with Crippen molar-refractivity contribution in [1.29, 1.82) is 0 Å². The molecule has 17 heavy (non-hydrogen) atoms. The number of benzene rings is 1. The molecule has 1 aromatic carbocycles. The molecule has 0 unspecified atom stereocenters. The maximum absolute atomic E-state index is 6.34. The molecule has 2 nitrogen and oxygen atoms in total. The van der Waals surface area contributed by atoms with Gasteiger partial charge in [0.2, 0.25) is 0 Å². The van der Waals surface area contributed by atoms with E-state index in [-0.39, 0.29) is 5.54 Å². The minimum atomic E-state index is -0.0906. The van der Waals surface area contributed by atoms with Crippen molar-refractivity contribution in [3.8, 4) is 5.75 Å². The fourth-order valence-corrected chi connectivity index (χ4v) is 2.90. The molecule has 0 amide bonds. The summed E-state index contributed by atoms with van der Waals surface area (Å²) >= 11 is 0. The molecule has 2 N–H and O–H groups in total. The first-order chi connectivity index (χ1) is 8.23. The molecule has 0 bridgehead atoms. The minimum absolute atomic E-state index is 0.0906. The third-order valence-corrected chi connectivity index (χ3v) is 4.24. The molecule has 0 aromatic heterocycles. The van der Waals surface area contributed by atoms with Gasteiger partial charge in [-0.3, -0.25) is 0 Å². The molecule has 92 valence electrons. The second kappa shape index (κ2) is 4.02. The van der Waals surface area contributed by atoms with Crippen molar-refractivity contribution in [2.45, 2.75) is 50.5 Å². The first-order valence-electron chi connectivity index (χ1n) is 6.72. The molecule has 3 rings (SSSR count).